The summed E-state index contributed by atoms with van der Waals surface area (Å²) in [6.07, 6.45) is 0.478. The molecule has 1 saturated heterocycles. The summed E-state index contributed by atoms with van der Waals surface area (Å²) in [4.78, 5) is 7.03. The fourth-order valence-electron chi connectivity index (χ4n) is 3.08. The van der Waals surface area contributed by atoms with Gasteiger partial charge in [-0.1, -0.05) is 0 Å². The van der Waals surface area contributed by atoms with Crippen LogP contribution in [0.2, 0.25) is 0 Å². The molecule has 0 saturated carbocycles. The Labute approximate surface area is 125 Å². The van der Waals surface area contributed by atoms with Crippen LogP contribution >= 0.6 is 0 Å². The molecule has 0 bridgehead atoms. The summed E-state index contributed by atoms with van der Waals surface area (Å²) in [6.45, 7) is 8.10. The van der Waals surface area contributed by atoms with E-state index in [2.05, 4.69) is 35.9 Å². The molecule has 1 fully saturated rings. The van der Waals surface area contributed by atoms with Crippen molar-refractivity contribution in [2.45, 2.75) is 33.0 Å². The number of aryl methyl sites for hydroxylation is 1. The van der Waals surface area contributed by atoms with Crippen molar-refractivity contribution >= 4 is 16.6 Å². The van der Waals surface area contributed by atoms with Crippen LogP contribution in [0.4, 0.5) is 5.69 Å². The van der Waals surface area contributed by atoms with Gasteiger partial charge in [0.2, 0.25) is 0 Å². The van der Waals surface area contributed by atoms with Crippen LogP contribution in [0.15, 0.2) is 24.3 Å². The Hall–Kier alpha value is -1.81. The van der Waals surface area contributed by atoms with Gasteiger partial charge in [0.15, 0.2) is 0 Å². The molecule has 3 rings (SSSR count). The van der Waals surface area contributed by atoms with Crippen LogP contribution < -0.4 is 9.64 Å². The number of hydrogen-bond acceptors (Lipinski definition) is 4. The smallest absolute Gasteiger partial charge is 0.119 e. The Morgan fingerprint density at radius 3 is 2.57 bits per heavy atom. The molecule has 0 unspecified atom stereocenters. The molecular formula is C17H22N2O2. The summed E-state index contributed by atoms with van der Waals surface area (Å²) in [6, 6.07) is 8.22. The van der Waals surface area contributed by atoms with E-state index in [9.17, 15) is 0 Å². The molecule has 1 aliphatic rings. The Morgan fingerprint density at radius 2 is 1.90 bits per heavy atom. The second-order valence-electron chi connectivity index (χ2n) is 5.83. The lowest BCUT2D eigenvalue weighted by Crippen LogP contribution is -2.45. The minimum absolute atomic E-state index is 0.239. The summed E-state index contributed by atoms with van der Waals surface area (Å²) in [5.41, 5.74) is 3.27. The zero-order valence-corrected chi connectivity index (χ0v) is 13.1. The van der Waals surface area contributed by atoms with E-state index in [1.165, 1.54) is 5.69 Å². The van der Waals surface area contributed by atoms with Gasteiger partial charge in [-0.25, -0.2) is 0 Å². The predicted octanol–water partition coefficient (Wildman–Crippen LogP) is 3.17. The maximum atomic E-state index is 5.84. The Morgan fingerprint density at radius 1 is 1.19 bits per heavy atom. The first-order valence-electron chi connectivity index (χ1n) is 7.42. The number of methoxy groups -OCH3 is 1. The highest BCUT2D eigenvalue weighted by atomic mass is 16.5. The molecule has 2 atom stereocenters. The van der Waals surface area contributed by atoms with Crippen LogP contribution in [0.5, 0.6) is 5.75 Å². The molecule has 4 heteroatoms. The van der Waals surface area contributed by atoms with Gasteiger partial charge < -0.3 is 14.4 Å². The van der Waals surface area contributed by atoms with Gasteiger partial charge in [0, 0.05) is 29.9 Å². The van der Waals surface area contributed by atoms with E-state index in [1.54, 1.807) is 7.11 Å². The zero-order valence-electron chi connectivity index (χ0n) is 13.1. The average molecular weight is 286 g/mol. The Bertz CT molecular complexity index is 647. The minimum atomic E-state index is 0.239. The number of anilines is 1. The van der Waals surface area contributed by atoms with E-state index < -0.39 is 0 Å². The average Bonchev–Trinajstić information content (AvgIpc) is 2.44. The topological polar surface area (TPSA) is 34.6 Å². The third-order valence-corrected chi connectivity index (χ3v) is 3.88. The van der Waals surface area contributed by atoms with Crippen molar-refractivity contribution in [1.29, 1.82) is 0 Å². The molecule has 2 aromatic rings. The Balaban J connectivity index is 2.11. The highest BCUT2D eigenvalue weighted by molar-refractivity contribution is 5.93. The van der Waals surface area contributed by atoms with Crippen molar-refractivity contribution in [2.75, 3.05) is 25.1 Å². The van der Waals surface area contributed by atoms with Crippen molar-refractivity contribution in [3.63, 3.8) is 0 Å². The number of hydrogen-bond donors (Lipinski definition) is 0. The van der Waals surface area contributed by atoms with Crippen molar-refractivity contribution < 1.29 is 9.47 Å². The summed E-state index contributed by atoms with van der Waals surface area (Å²) in [5, 5.41) is 1.14. The van der Waals surface area contributed by atoms with Crippen molar-refractivity contribution in [3.05, 3.63) is 30.0 Å². The van der Waals surface area contributed by atoms with Crippen LogP contribution in [-0.4, -0.2) is 37.4 Å². The standard InChI is InChI=1S/C17H22N2O2/c1-11-7-17(19-9-12(2)21-13(3)10-19)15-8-14(20-4)5-6-16(15)18-11/h5-8,12-13H,9-10H2,1-4H3/t12-,13-/m0/s1. The van der Waals surface area contributed by atoms with E-state index in [0.29, 0.717) is 0 Å². The largest absolute Gasteiger partial charge is 0.497 e. The molecule has 0 amide bonds. The molecule has 4 nitrogen and oxygen atoms in total. The van der Waals surface area contributed by atoms with E-state index in [-0.39, 0.29) is 12.2 Å². The van der Waals surface area contributed by atoms with Gasteiger partial charge in [0.1, 0.15) is 5.75 Å². The summed E-state index contributed by atoms with van der Waals surface area (Å²) >= 11 is 0. The molecule has 0 radical (unpaired) electrons. The molecule has 2 heterocycles. The SMILES string of the molecule is COc1ccc2nc(C)cc(N3C[C@H](C)O[C@@H](C)C3)c2c1. The van der Waals surface area contributed by atoms with Crippen molar-refractivity contribution in [1.82, 2.24) is 4.98 Å². The van der Waals surface area contributed by atoms with Gasteiger partial charge in [-0.2, -0.15) is 0 Å². The molecular weight excluding hydrogens is 264 g/mol. The zero-order chi connectivity index (χ0) is 15.0. The molecule has 0 N–H and O–H groups in total. The van der Waals surface area contributed by atoms with Gasteiger partial charge in [0.25, 0.3) is 0 Å². The first kappa shape index (κ1) is 14.1. The number of pyridine rings is 1. The van der Waals surface area contributed by atoms with Gasteiger partial charge in [-0.3, -0.25) is 4.98 Å². The van der Waals surface area contributed by atoms with E-state index >= 15 is 0 Å². The number of ether oxygens (including phenoxy) is 2. The number of fused-ring (bicyclic) bond motifs is 1. The quantitative estimate of drug-likeness (QED) is 0.849. The summed E-state index contributed by atoms with van der Waals surface area (Å²) in [7, 11) is 1.70. The highest BCUT2D eigenvalue weighted by Crippen LogP contribution is 2.31. The lowest BCUT2D eigenvalue weighted by atomic mass is 10.1. The van der Waals surface area contributed by atoms with Crippen molar-refractivity contribution in [2.24, 2.45) is 0 Å². The predicted molar refractivity (Wildman–Crippen MR) is 85.3 cm³/mol. The number of nitrogens with zero attached hydrogens (tertiary/aromatic N) is 2. The minimum Gasteiger partial charge on any atom is -0.497 e. The number of morpholine rings is 1. The van der Waals surface area contributed by atoms with Crippen LogP contribution in [-0.2, 0) is 4.74 Å². The summed E-state index contributed by atoms with van der Waals surface area (Å²) < 4.78 is 11.2. The maximum absolute atomic E-state index is 5.84. The fraction of sp³-hybridized carbons (Fsp3) is 0.471. The molecule has 0 spiro atoms. The van der Waals surface area contributed by atoms with Crippen LogP contribution in [0, 0.1) is 6.92 Å². The van der Waals surface area contributed by atoms with Crippen LogP contribution in [0.25, 0.3) is 10.9 Å². The Kier molecular flexibility index (Phi) is 3.72. The molecule has 21 heavy (non-hydrogen) atoms. The number of rotatable bonds is 2. The third-order valence-electron chi connectivity index (χ3n) is 3.88. The lowest BCUT2D eigenvalue weighted by Gasteiger charge is -2.37. The summed E-state index contributed by atoms with van der Waals surface area (Å²) in [5.74, 6) is 0.865. The second-order valence-corrected chi connectivity index (χ2v) is 5.83. The van der Waals surface area contributed by atoms with Gasteiger partial charge >= 0.3 is 0 Å². The highest BCUT2D eigenvalue weighted by Gasteiger charge is 2.24. The second kappa shape index (κ2) is 5.53. The van der Waals surface area contributed by atoms with E-state index in [1.807, 2.05) is 19.1 Å². The van der Waals surface area contributed by atoms with Gasteiger partial charge in [0.05, 0.1) is 24.8 Å². The van der Waals surface area contributed by atoms with E-state index in [0.717, 1.165) is 35.4 Å². The van der Waals surface area contributed by atoms with Gasteiger partial charge in [-0.15, -0.1) is 0 Å². The number of aromatic nitrogens is 1. The molecule has 1 aromatic carbocycles. The third kappa shape index (κ3) is 2.81. The lowest BCUT2D eigenvalue weighted by molar-refractivity contribution is -0.00513. The maximum Gasteiger partial charge on any atom is 0.119 e. The first-order chi connectivity index (χ1) is 10.1. The number of benzene rings is 1. The molecule has 1 aliphatic heterocycles. The monoisotopic (exact) mass is 286 g/mol. The molecule has 0 aliphatic carbocycles. The van der Waals surface area contributed by atoms with E-state index in [4.69, 9.17) is 9.47 Å². The molecule has 112 valence electrons. The van der Waals surface area contributed by atoms with Gasteiger partial charge in [-0.05, 0) is 45.0 Å². The first-order valence-corrected chi connectivity index (χ1v) is 7.42. The van der Waals surface area contributed by atoms with Crippen molar-refractivity contribution in [3.8, 4) is 5.75 Å². The van der Waals surface area contributed by atoms with Crippen LogP contribution in [0.1, 0.15) is 19.5 Å². The molecule has 1 aromatic heterocycles. The normalized spacial score (nSPS) is 22.6. The fourth-order valence-corrected chi connectivity index (χ4v) is 3.08. The van der Waals surface area contributed by atoms with Crippen LogP contribution in [0.3, 0.4) is 0 Å².